The predicted molar refractivity (Wildman–Crippen MR) is 166 cm³/mol. The summed E-state index contributed by atoms with van der Waals surface area (Å²) >= 11 is 1.63. The second-order valence-electron chi connectivity index (χ2n) is 12.0. The lowest BCUT2D eigenvalue weighted by atomic mass is 9.66. The Labute approximate surface area is 251 Å². The highest BCUT2D eigenvalue weighted by Gasteiger charge is 2.76. The van der Waals surface area contributed by atoms with E-state index < -0.39 is 28.7 Å². The molecule has 3 saturated heterocycles. The van der Waals surface area contributed by atoms with Gasteiger partial charge in [0.15, 0.2) is 0 Å². The largest absolute Gasteiger partial charge is 0.394 e. The molecule has 0 saturated carbocycles. The minimum absolute atomic E-state index is 0.0256. The first-order valence-electron chi connectivity index (χ1n) is 14.6. The van der Waals surface area contributed by atoms with Crippen LogP contribution in [-0.4, -0.2) is 56.4 Å². The number of aliphatic hydroxyl groups excluding tert-OH is 1. The van der Waals surface area contributed by atoms with Gasteiger partial charge in [0.25, 0.3) is 0 Å². The Kier molecular flexibility index (Phi) is 7.62. The van der Waals surface area contributed by atoms with Crippen LogP contribution in [0.1, 0.15) is 30.0 Å². The van der Waals surface area contributed by atoms with Gasteiger partial charge in [0.05, 0.1) is 29.2 Å². The van der Waals surface area contributed by atoms with Gasteiger partial charge in [0.1, 0.15) is 6.04 Å². The third kappa shape index (κ3) is 4.71. The van der Waals surface area contributed by atoms with E-state index >= 15 is 0 Å². The maximum absolute atomic E-state index is 14.6. The summed E-state index contributed by atoms with van der Waals surface area (Å²) in [4.78, 5) is 44.5. The molecule has 7 atom stereocenters. The van der Waals surface area contributed by atoms with Crippen molar-refractivity contribution < 1.29 is 19.5 Å². The van der Waals surface area contributed by atoms with Gasteiger partial charge in [-0.05, 0) is 67.5 Å². The highest BCUT2D eigenvalue weighted by Crippen LogP contribution is 2.69. The Bertz CT molecular complexity index is 1500. The Morgan fingerprint density at radius 1 is 1.00 bits per heavy atom. The summed E-state index contributed by atoms with van der Waals surface area (Å²) in [5, 5.41) is 16.8. The van der Waals surface area contributed by atoms with Crippen LogP contribution < -0.4 is 10.6 Å². The smallest absolute Gasteiger partial charge is 0.248 e. The van der Waals surface area contributed by atoms with Crippen molar-refractivity contribution in [2.24, 2.45) is 17.8 Å². The molecule has 3 amide bonds. The van der Waals surface area contributed by atoms with Crippen LogP contribution in [0.5, 0.6) is 0 Å². The fourth-order valence-electron chi connectivity index (χ4n) is 7.41. The number of fused-ring (bicyclic) bond motifs is 1. The molecule has 3 heterocycles. The Morgan fingerprint density at radius 2 is 1.69 bits per heavy atom. The SMILES string of the molecule is Cc1ccc(C)c(NC(=O)C2N([C@@H](CO)Cc3ccccc3)C(=O)[C@@H]3[C@@H](C(=O)Nc4ccccc4)[C@H]4CC(C)C23S4)c1. The zero-order valence-corrected chi connectivity index (χ0v) is 24.9. The first-order chi connectivity index (χ1) is 20.2. The lowest BCUT2D eigenvalue weighted by Crippen LogP contribution is -2.57. The summed E-state index contributed by atoms with van der Waals surface area (Å²) in [5.74, 6) is -1.89. The molecule has 3 aliphatic rings. The first kappa shape index (κ1) is 28.5. The van der Waals surface area contributed by atoms with E-state index in [0.717, 1.165) is 23.1 Å². The van der Waals surface area contributed by atoms with Gasteiger partial charge in [0, 0.05) is 16.6 Å². The number of aliphatic hydroxyl groups is 1. The van der Waals surface area contributed by atoms with Crippen LogP contribution in [0.2, 0.25) is 0 Å². The number of benzene rings is 3. The van der Waals surface area contributed by atoms with Gasteiger partial charge >= 0.3 is 0 Å². The number of carbonyl (C=O) groups is 3. The number of nitrogens with one attached hydrogen (secondary N) is 2. The maximum Gasteiger partial charge on any atom is 0.248 e. The van der Waals surface area contributed by atoms with Crippen LogP contribution in [0.15, 0.2) is 78.9 Å². The Hall–Kier alpha value is -3.62. The number of hydrogen-bond acceptors (Lipinski definition) is 5. The van der Waals surface area contributed by atoms with E-state index in [-0.39, 0.29) is 35.5 Å². The standard InChI is InChI=1S/C34H37N3O4S/c1-20-14-15-21(2)26(16-20)36-32(40)30-34-22(3)17-27(42-34)28(31(39)35-24-12-8-5-9-13-24)29(34)33(41)37(30)25(19-38)18-23-10-6-4-7-11-23/h4-16,22,25,27-30,38H,17-19H2,1-3H3,(H,35,39)(H,36,40)/t22?,25-,27-,28+,29+,30?,34?/m1/s1. The molecule has 2 bridgehead atoms. The normalized spacial score (nSPS) is 28.4. The molecule has 3 N–H and O–H groups in total. The topological polar surface area (TPSA) is 98.7 Å². The highest BCUT2D eigenvalue weighted by atomic mass is 32.2. The maximum atomic E-state index is 14.6. The van der Waals surface area contributed by atoms with E-state index in [4.69, 9.17) is 0 Å². The van der Waals surface area contributed by atoms with Gasteiger partial charge in [-0.15, -0.1) is 11.8 Å². The van der Waals surface area contributed by atoms with Gasteiger partial charge in [0.2, 0.25) is 17.7 Å². The molecule has 0 aromatic heterocycles. The zero-order valence-electron chi connectivity index (χ0n) is 24.1. The fourth-order valence-corrected chi connectivity index (χ4v) is 9.82. The number of rotatable bonds is 8. The van der Waals surface area contributed by atoms with E-state index in [1.54, 1.807) is 16.7 Å². The van der Waals surface area contributed by atoms with Crippen LogP contribution in [0.4, 0.5) is 11.4 Å². The summed E-state index contributed by atoms with van der Waals surface area (Å²) in [6.07, 6.45) is 1.15. The molecule has 3 unspecified atom stereocenters. The van der Waals surface area contributed by atoms with Crippen molar-refractivity contribution in [2.45, 2.75) is 55.7 Å². The molecule has 8 heteroatoms. The van der Waals surface area contributed by atoms with Crippen LogP contribution in [-0.2, 0) is 20.8 Å². The molecule has 7 nitrogen and oxygen atoms in total. The van der Waals surface area contributed by atoms with Crippen molar-refractivity contribution in [3.05, 3.63) is 95.6 Å². The summed E-state index contributed by atoms with van der Waals surface area (Å²) in [6, 6.07) is 23.5. The number of para-hydroxylation sites is 1. The molecule has 3 aliphatic heterocycles. The van der Waals surface area contributed by atoms with Crippen molar-refractivity contribution in [1.82, 2.24) is 4.90 Å². The molecule has 3 aromatic rings. The molecule has 42 heavy (non-hydrogen) atoms. The first-order valence-corrected chi connectivity index (χ1v) is 15.5. The van der Waals surface area contributed by atoms with Gasteiger partial charge in [-0.25, -0.2) is 0 Å². The number of hydrogen-bond donors (Lipinski definition) is 3. The average Bonchev–Trinajstić information content (AvgIpc) is 3.58. The average molecular weight is 584 g/mol. The van der Waals surface area contributed by atoms with Gasteiger partial charge in [-0.2, -0.15) is 0 Å². The minimum Gasteiger partial charge on any atom is -0.394 e. The molecular weight excluding hydrogens is 546 g/mol. The van der Waals surface area contributed by atoms with Crippen LogP contribution >= 0.6 is 11.8 Å². The summed E-state index contributed by atoms with van der Waals surface area (Å²) in [7, 11) is 0. The number of amides is 3. The van der Waals surface area contributed by atoms with E-state index in [1.807, 2.05) is 92.7 Å². The van der Waals surface area contributed by atoms with Gasteiger partial charge < -0.3 is 20.6 Å². The third-order valence-corrected chi connectivity index (χ3v) is 11.4. The number of thioether (sulfide) groups is 1. The fraction of sp³-hybridized carbons (Fsp3) is 0.382. The zero-order chi connectivity index (χ0) is 29.6. The quantitative estimate of drug-likeness (QED) is 0.353. The van der Waals surface area contributed by atoms with Crippen molar-refractivity contribution in [2.75, 3.05) is 17.2 Å². The van der Waals surface area contributed by atoms with Crippen LogP contribution in [0, 0.1) is 31.6 Å². The number of nitrogens with zero attached hydrogens (tertiary/aromatic N) is 1. The Balaban J connectivity index is 1.41. The molecule has 1 spiro atoms. The predicted octanol–water partition coefficient (Wildman–Crippen LogP) is 4.82. The van der Waals surface area contributed by atoms with E-state index in [0.29, 0.717) is 17.8 Å². The second kappa shape index (κ2) is 11.2. The summed E-state index contributed by atoms with van der Waals surface area (Å²) in [5.41, 5.74) is 4.31. The van der Waals surface area contributed by atoms with Crippen LogP contribution in [0.25, 0.3) is 0 Å². The van der Waals surface area contributed by atoms with E-state index in [1.165, 1.54) is 0 Å². The monoisotopic (exact) mass is 583 g/mol. The van der Waals surface area contributed by atoms with Gasteiger partial charge in [-0.1, -0.05) is 67.6 Å². The molecule has 3 fully saturated rings. The van der Waals surface area contributed by atoms with Crippen molar-refractivity contribution in [1.29, 1.82) is 0 Å². The van der Waals surface area contributed by atoms with Crippen molar-refractivity contribution >= 4 is 40.9 Å². The molecule has 0 aliphatic carbocycles. The van der Waals surface area contributed by atoms with Crippen LogP contribution in [0.3, 0.4) is 0 Å². The molecule has 6 rings (SSSR count). The van der Waals surface area contributed by atoms with Crippen molar-refractivity contribution in [3.63, 3.8) is 0 Å². The molecular formula is C34H37N3O4S. The number of anilines is 2. The molecule has 3 aromatic carbocycles. The van der Waals surface area contributed by atoms with Gasteiger partial charge in [-0.3, -0.25) is 14.4 Å². The highest BCUT2D eigenvalue weighted by molar-refractivity contribution is 8.02. The van der Waals surface area contributed by atoms with E-state index in [9.17, 15) is 19.5 Å². The second-order valence-corrected chi connectivity index (χ2v) is 13.5. The van der Waals surface area contributed by atoms with Crippen molar-refractivity contribution in [3.8, 4) is 0 Å². The summed E-state index contributed by atoms with van der Waals surface area (Å²) in [6.45, 7) is 5.73. The summed E-state index contributed by atoms with van der Waals surface area (Å²) < 4.78 is -0.785. The Morgan fingerprint density at radius 3 is 2.38 bits per heavy atom. The lowest BCUT2D eigenvalue weighted by molar-refractivity contribution is -0.141. The van der Waals surface area contributed by atoms with E-state index in [2.05, 4.69) is 17.6 Å². The minimum atomic E-state index is -0.838. The molecule has 0 radical (unpaired) electrons. The number of aryl methyl sites for hydroxylation is 2. The third-order valence-electron chi connectivity index (χ3n) is 9.35. The molecule has 218 valence electrons. The lowest BCUT2D eigenvalue weighted by Gasteiger charge is -2.40. The number of carbonyl (C=O) groups excluding carboxylic acids is 3. The number of likely N-dealkylation sites (tertiary alicyclic amines) is 1.